The number of rotatable bonds is 3. The van der Waals surface area contributed by atoms with Crippen molar-refractivity contribution >= 4 is 7.85 Å². The largest absolute Gasteiger partial charge is 0.385 e. The highest BCUT2D eigenvalue weighted by molar-refractivity contribution is 6.24. The molecule has 2 heteroatoms. The van der Waals surface area contributed by atoms with Crippen molar-refractivity contribution in [2.24, 2.45) is 23.7 Å². The van der Waals surface area contributed by atoms with Crippen LogP contribution in [0.5, 0.6) is 0 Å². The Bertz CT molecular complexity index is 433. The van der Waals surface area contributed by atoms with Gasteiger partial charge in [0.2, 0.25) is 0 Å². The molecule has 0 aromatic carbocycles. The molecule has 2 bridgehead atoms. The Morgan fingerprint density at radius 1 is 1.25 bits per heavy atom. The predicted octanol–water partition coefficient (Wildman–Crippen LogP) is 3.99. The Balaban J connectivity index is 2.44. The number of allylic oxidation sites excluding steroid dienone is 3. The van der Waals surface area contributed by atoms with E-state index in [4.69, 9.17) is 7.85 Å². The lowest BCUT2D eigenvalue weighted by Gasteiger charge is -2.53. The molecule has 0 amide bonds. The molecule has 5 atom stereocenters. The van der Waals surface area contributed by atoms with E-state index in [2.05, 4.69) is 20.4 Å². The van der Waals surface area contributed by atoms with Crippen molar-refractivity contribution in [1.82, 2.24) is 0 Å². The van der Waals surface area contributed by atoms with Crippen LogP contribution in [0.25, 0.3) is 0 Å². The SMILES string of the molecule is [B]C(/C=C\C)=C(/C=C)C1(O)C(C)CC2CC(C)CC1C2. The summed E-state index contributed by atoms with van der Waals surface area (Å²) in [4.78, 5) is 0. The normalized spacial score (nSPS) is 42.4. The second kappa shape index (κ2) is 5.93. The molecule has 2 rings (SSSR count). The smallest absolute Gasteiger partial charge is 0.114 e. The van der Waals surface area contributed by atoms with Crippen LogP contribution in [0.4, 0.5) is 0 Å². The van der Waals surface area contributed by atoms with Gasteiger partial charge in [-0.25, -0.2) is 0 Å². The van der Waals surface area contributed by atoms with Crippen LogP contribution in [-0.4, -0.2) is 18.6 Å². The summed E-state index contributed by atoms with van der Waals surface area (Å²) in [6.07, 6.45) is 10.2. The molecule has 2 aliphatic carbocycles. The molecule has 0 saturated heterocycles. The quantitative estimate of drug-likeness (QED) is 0.607. The van der Waals surface area contributed by atoms with Crippen LogP contribution < -0.4 is 0 Å². The van der Waals surface area contributed by atoms with Gasteiger partial charge in [0.1, 0.15) is 7.85 Å². The van der Waals surface area contributed by atoms with Crippen molar-refractivity contribution in [2.45, 2.75) is 52.1 Å². The van der Waals surface area contributed by atoms with Crippen LogP contribution in [0.2, 0.25) is 0 Å². The van der Waals surface area contributed by atoms with Gasteiger partial charge in [-0.05, 0) is 61.9 Å². The van der Waals surface area contributed by atoms with Gasteiger partial charge < -0.3 is 5.11 Å². The Hall–Kier alpha value is -0.755. The van der Waals surface area contributed by atoms with E-state index in [9.17, 15) is 5.11 Å². The first-order valence-electron chi connectivity index (χ1n) is 7.91. The van der Waals surface area contributed by atoms with Crippen LogP contribution >= 0.6 is 0 Å². The lowest BCUT2D eigenvalue weighted by atomic mass is 9.55. The van der Waals surface area contributed by atoms with Gasteiger partial charge in [-0.3, -0.25) is 0 Å². The first kappa shape index (κ1) is 15.6. The average Bonchev–Trinajstić information content (AvgIpc) is 2.37. The Morgan fingerprint density at radius 2 is 1.95 bits per heavy atom. The molecule has 2 fully saturated rings. The Labute approximate surface area is 125 Å². The standard InChI is InChI=1S/C18H27BO/c1-5-7-17(19)16(6-2)18(20)13(4)10-14-8-12(3)9-15(18)11-14/h5-7,12-15,20H,2,8-11H2,1,3-4H3/b7-5-,17-16-. The summed E-state index contributed by atoms with van der Waals surface area (Å²) in [5, 5.41) is 11.5. The van der Waals surface area contributed by atoms with Gasteiger partial charge in [0.05, 0.1) is 5.60 Å². The molecule has 5 unspecified atom stereocenters. The molecule has 108 valence electrons. The lowest BCUT2D eigenvalue weighted by Crippen LogP contribution is -2.53. The maximum absolute atomic E-state index is 11.5. The van der Waals surface area contributed by atoms with Crippen molar-refractivity contribution in [3.8, 4) is 0 Å². The van der Waals surface area contributed by atoms with E-state index in [-0.39, 0.29) is 5.92 Å². The van der Waals surface area contributed by atoms with E-state index in [1.54, 1.807) is 6.08 Å². The van der Waals surface area contributed by atoms with Gasteiger partial charge in [-0.1, -0.05) is 44.1 Å². The highest BCUT2D eigenvalue weighted by Gasteiger charge is 2.51. The van der Waals surface area contributed by atoms with Gasteiger partial charge >= 0.3 is 0 Å². The average molecular weight is 270 g/mol. The summed E-state index contributed by atoms with van der Waals surface area (Å²) in [5.74, 6) is 2.03. The zero-order valence-electron chi connectivity index (χ0n) is 13.1. The maximum Gasteiger partial charge on any atom is 0.114 e. The molecule has 1 nitrogen and oxygen atoms in total. The van der Waals surface area contributed by atoms with Crippen molar-refractivity contribution in [1.29, 1.82) is 0 Å². The van der Waals surface area contributed by atoms with E-state index in [1.165, 1.54) is 6.42 Å². The number of hydrogen-bond acceptors (Lipinski definition) is 1. The van der Waals surface area contributed by atoms with Crippen LogP contribution in [0.3, 0.4) is 0 Å². The molecule has 0 aliphatic heterocycles. The van der Waals surface area contributed by atoms with Gasteiger partial charge in [-0.15, -0.1) is 0 Å². The summed E-state index contributed by atoms with van der Waals surface area (Å²) in [5.41, 5.74) is 0.686. The van der Waals surface area contributed by atoms with Crippen molar-refractivity contribution < 1.29 is 5.11 Å². The van der Waals surface area contributed by atoms with E-state index in [0.717, 1.165) is 30.8 Å². The van der Waals surface area contributed by atoms with Crippen LogP contribution in [0, 0.1) is 23.7 Å². The summed E-state index contributed by atoms with van der Waals surface area (Å²) < 4.78 is 0. The monoisotopic (exact) mass is 270 g/mol. The molecular weight excluding hydrogens is 243 g/mol. The molecule has 0 aromatic heterocycles. The zero-order chi connectivity index (χ0) is 14.9. The molecule has 0 spiro atoms. The molecule has 20 heavy (non-hydrogen) atoms. The number of fused-ring (bicyclic) bond motifs is 2. The van der Waals surface area contributed by atoms with Crippen molar-refractivity contribution in [3.63, 3.8) is 0 Å². The third-order valence-corrected chi connectivity index (χ3v) is 5.39. The molecule has 0 heterocycles. The third kappa shape index (κ3) is 2.55. The van der Waals surface area contributed by atoms with E-state index >= 15 is 0 Å². The molecule has 1 N–H and O–H groups in total. The second-order valence-electron chi connectivity index (χ2n) is 6.91. The summed E-state index contributed by atoms with van der Waals surface area (Å²) in [6.45, 7) is 10.3. The van der Waals surface area contributed by atoms with E-state index in [1.807, 2.05) is 19.1 Å². The van der Waals surface area contributed by atoms with Crippen LogP contribution in [-0.2, 0) is 0 Å². The number of hydrogen-bond donors (Lipinski definition) is 1. The third-order valence-electron chi connectivity index (χ3n) is 5.39. The molecular formula is C18H27BO. The minimum Gasteiger partial charge on any atom is -0.385 e. The first-order chi connectivity index (χ1) is 9.43. The topological polar surface area (TPSA) is 20.2 Å². The minimum absolute atomic E-state index is 0.246. The summed E-state index contributed by atoms with van der Waals surface area (Å²) >= 11 is 0. The number of aliphatic hydroxyl groups is 1. The first-order valence-corrected chi connectivity index (χ1v) is 7.91. The molecule has 2 radical (unpaired) electrons. The zero-order valence-corrected chi connectivity index (χ0v) is 13.1. The minimum atomic E-state index is -0.809. The van der Waals surface area contributed by atoms with E-state index in [0.29, 0.717) is 17.3 Å². The highest BCUT2D eigenvalue weighted by Crippen LogP contribution is 2.53. The summed E-state index contributed by atoms with van der Waals surface area (Å²) in [6, 6.07) is 0. The van der Waals surface area contributed by atoms with Gasteiger partial charge in [0.15, 0.2) is 0 Å². The highest BCUT2D eigenvalue weighted by atomic mass is 16.3. The van der Waals surface area contributed by atoms with Gasteiger partial charge in [0, 0.05) is 0 Å². The molecule has 2 aliphatic rings. The Kier molecular flexibility index (Phi) is 4.64. The molecule has 2 saturated carbocycles. The van der Waals surface area contributed by atoms with Crippen LogP contribution in [0.15, 0.2) is 35.9 Å². The fourth-order valence-electron chi connectivity index (χ4n) is 4.65. The second-order valence-corrected chi connectivity index (χ2v) is 6.91. The van der Waals surface area contributed by atoms with Crippen molar-refractivity contribution in [2.75, 3.05) is 0 Å². The molecule has 0 aromatic rings. The van der Waals surface area contributed by atoms with Crippen LogP contribution in [0.1, 0.15) is 46.5 Å². The van der Waals surface area contributed by atoms with Gasteiger partial charge in [-0.2, -0.15) is 0 Å². The van der Waals surface area contributed by atoms with E-state index < -0.39 is 5.60 Å². The fraction of sp³-hybridized carbons (Fsp3) is 0.667. The Morgan fingerprint density at radius 3 is 2.55 bits per heavy atom. The van der Waals surface area contributed by atoms with Crippen molar-refractivity contribution in [3.05, 3.63) is 35.9 Å². The van der Waals surface area contributed by atoms with Gasteiger partial charge in [0.25, 0.3) is 0 Å². The lowest BCUT2D eigenvalue weighted by molar-refractivity contribution is -0.0965. The summed E-state index contributed by atoms with van der Waals surface area (Å²) in [7, 11) is 6.18. The fourth-order valence-corrected chi connectivity index (χ4v) is 4.65. The predicted molar refractivity (Wildman–Crippen MR) is 86.5 cm³/mol. The maximum atomic E-state index is 11.5.